The van der Waals surface area contributed by atoms with Crippen molar-refractivity contribution in [3.8, 4) is 11.5 Å². The van der Waals surface area contributed by atoms with Gasteiger partial charge in [-0.2, -0.15) is 4.98 Å². The molecular formula is C12H9N5O3. The van der Waals surface area contributed by atoms with Gasteiger partial charge in [0.2, 0.25) is 5.95 Å². The Morgan fingerprint density at radius 2 is 1.95 bits per heavy atom. The largest absolute Gasteiger partial charge is 0.457 e. The number of anilines is 1. The summed E-state index contributed by atoms with van der Waals surface area (Å²) in [5.74, 6) is 1.21. The van der Waals surface area contributed by atoms with Crippen molar-refractivity contribution >= 4 is 17.3 Å². The number of nitrogen functional groups attached to an aromatic ring is 1. The van der Waals surface area contributed by atoms with Gasteiger partial charge in [0.25, 0.3) is 5.69 Å². The molecule has 3 rings (SSSR count). The first kappa shape index (κ1) is 11.9. The van der Waals surface area contributed by atoms with E-state index in [2.05, 4.69) is 10.1 Å². The topological polar surface area (TPSA) is 109 Å². The van der Waals surface area contributed by atoms with E-state index in [0.717, 1.165) is 0 Å². The monoisotopic (exact) mass is 271 g/mol. The average molecular weight is 271 g/mol. The minimum atomic E-state index is -0.463. The highest BCUT2D eigenvalue weighted by Crippen LogP contribution is 2.24. The number of non-ortho nitro benzene ring substituents is 1. The van der Waals surface area contributed by atoms with E-state index in [4.69, 9.17) is 10.5 Å². The quantitative estimate of drug-likeness (QED) is 0.576. The highest BCUT2D eigenvalue weighted by atomic mass is 16.6. The fourth-order valence-corrected chi connectivity index (χ4v) is 1.72. The lowest BCUT2D eigenvalue weighted by Gasteiger charge is -2.05. The van der Waals surface area contributed by atoms with Crippen LogP contribution in [0.4, 0.5) is 11.6 Å². The Bertz CT molecular complexity index is 781. The molecule has 100 valence electrons. The van der Waals surface area contributed by atoms with Crippen molar-refractivity contribution in [2.75, 3.05) is 5.73 Å². The highest BCUT2D eigenvalue weighted by molar-refractivity contribution is 5.48. The molecule has 0 unspecified atom stereocenters. The number of ether oxygens (including phenoxy) is 1. The highest BCUT2D eigenvalue weighted by Gasteiger charge is 2.06. The van der Waals surface area contributed by atoms with Crippen molar-refractivity contribution in [3.05, 3.63) is 52.7 Å². The molecule has 0 radical (unpaired) electrons. The van der Waals surface area contributed by atoms with Gasteiger partial charge in [0, 0.05) is 24.4 Å². The van der Waals surface area contributed by atoms with Crippen LogP contribution in [-0.2, 0) is 0 Å². The van der Waals surface area contributed by atoms with Crippen LogP contribution < -0.4 is 10.5 Å². The molecule has 0 aliphatic rings. The van der Waals surface area contributed by atoms with Crippen LogP contribution in [0.5, 0.6) is 11.5 Å². The molecule has 1 aromatic carbocycles. The molecule has 0 fully saturated rings. The lowest BCUT2D eigenvalue weighted by atomic mass is 10.3. The van der Waals surface area contributed by atoms with E-state index in [1.54, 1.807) is 18.3 Å². The summed E-state index contributed by atoms with van der Waals surface area (Å²) in [5, 5.41) is 14.5. The molecule has 0 bridgehead atoms. The molecule has 0 atom stereocenters. The molecule has 8 nitrogen and oxygen atoms in total. The second-order valence-electron chi connectivity index (χ2n) is 3.99. The Morgan fingerprint density at radius 3 is 2.65 bits per heavy atom. The van der Waals surface area contributed by atoms with Crippen LogP contribution in [-0.4, -0.2) is 19.5 Å². The van der Waals surface area contributed by atoms with Crippen LogP contribution in [0.1, 0.15) is 0 Å². The maximum atomic E-state index is 10.6. The van der Waals surface area contributed by atoms with Crippen LogP contribution in [0.25, 0.3) is 5.65 Å². The summed E-state index contributed by atoms with van der Waals surface area (Å²) in [4.78, 5) is 14.1. The van der Waals surface area contributed by atoms with Gasteiger partial charge in [-0.1, -0.05) is 0 Å². The average Bonchev–Trinajstić information content (AvgIpc) is 2.78. The van der Waals surface area contributed by atoms with Crippen LogP contribution in [0, 0.1) is 10.1 Å². The normalized spacial score (nSPS) is 10.6. The van der Waals surface area contributed by atoms with E-state index in [1.165, 1.54) is 28.8 Å². The fourth-order valence-electron chi connectivity index (χ4n) is 1.72. The van der Waals surface area contributed by atoms with Gasteiger partial charge in [0.15, 0.2) is 5.65 Å². The van der Waals surface area contributed by atoms with Crippen molar-refractivity contribution in [2.24, 2.45) is 0 Å². The van der Waals surface area contributed by atoms with E-state index in [-0.39, 0.29) is 11.6 Å². The van der Waals surface area contributed by atoms with E-state index < -0.39 is 4.92 Å². The van der Waals surface area contributed by atoms with Crippen molar-refractivity contribution in [3.63, 3.8) is 0 Å². The molecule has 0 saturated heterocycles. The summed E-state index contributed by atoms with van der Waals surface area (Å²) >= 11 is 0. The first-order valence-corrected chi connectivity index (χ1v) is 5.66. The van der Waals surface area contributed by atoms with Crippen LogP contribution in [0.3, 0.4) is 0 Å². The van der Waals surface area contributed by atoms with E-state index >= 15 is 0 Å². The molecule has 0 spiro atoms. The number of aromatic nitrogens is 3. The van der Waals surface area contributed by atoms with Crippen molar-refractivity contribution in [1.29, 1.82) is 0 Å². The van der Waals surface area contributed by atoms with Gasteiger partial charge >= 0.3 is 0 Å². The first-order chi connectivity index (χ1) is 9.61. The number of pyridine rings is 1. The summed E-state index contributed by atoms with van der Waals surface area (Å²) < 4.78 is 7.11. The minimum absolute atomic E-state index is 0.0121. The molecular weight excluding hydrogens is 262 g/mol. The zero-order valence-electron chi connectivity index (χ0n) is 10.1. The molecule has 2 N–H and O–H groups in total. The summed E-state index contributed by atoms with van der Waals surface area (Å²) in [6, 6.07) is 9.18. The third-order valence-electron chi connectivity index (χ3n) is 2.61. The summed E-state index contributed by atoms with van der Waals surface area (Å²) in [5.41, 5.74) is 6.06. The molecule has 2 aromatic heterocycles. The van der Waals surface area contributed by atoms with Crippen molar-refractivity contribution in [2.45, 2.75) is 0 Å². The molecule has 20 heavy (non-hydrogen) atoms. The van der Waals surface area contributed by atoms with Crippen molar-refractivity contribution < 1.29 is 9.66 Å². The molecule has 8 heteroatoms. The number of fused-ring (bicyclic) bond motifs is 1. The van der Waals surface area contributed by atoms with Gasteiger partial charge in [-0.15, -0.1) is 5.10 Å². The molecule has 3 aromatic rings. The van der Waals surface area contributed by atoms with E-state index in [1.807, 2.05) is 0 Å². The van der Waals surface area contributed by atoms with Crippen LogP contribution in [0.15, 0.2) is 42.6 Å². The number of hydrogen-bond acceptors (Lipinski definition) is 6. The predicted octanol–water partition coefficient (Wildman–Crippen LogP) is 2.01. The SMILES string of the molecule is Nc1nc2cc(Oc3ccc([N+](=O)[O-])cc3)ccn2n1. The molecule has 0 aliphatic heterocycles. The second kappa shape index (κ2) is 4.50. The Balaban J connectivity index is 1.86. The summed E-state index contributed by atoms with van der Waals surface area (Å²) in [7, 11) is 0. The van der Waals surface area contributed by atoms with Gasteiger partial charge in [-0.25, -0.2) is 4.52 Å². The van der Waals surface area contributed by atoms with Crippen LogP contribution in [0.2, 0.25) is 0 Å². The number of benzene rings is 1. The number of nitro benzene ring substituents is 1. The van der Waals surface area contributed by atoms with E-state index in [9.17, 15) is 10.1 Å². The third kappa shape index (κ3) is 2.21. The number of nitrogens with two attached hydrogens (primary N) is 1. The Morgan fingerprint density at radius 1 is 1.20 bits per heavy atom. The zero-order valence-corrected chi connectivity index (χ0v) is 10.1. The number of rotatable bonds is 3. The maximum Gasteiger partial charge on any atom is 0.269 e. The molecule has 2 heterocycles. The Kier molecular flexibility index (Phi) is 2.68. The molecule has 0 amide bonds. The molecule has 0 aliphatic carbocycles. The lowest BCUT2D eigenvalue weighted by molar-refractivity contribution is -0.384. The van der Waals surface area contributed by atoms with Crippen molar-refractivity contribution in [1.82, 2.24) is 14.6 Å². The Hall–Kier alpha value is -3.16. The maximum absolute atomic E-state index is 10.6. The van der Waals surface area contributed by atoms with Gasteiger partial charge in [0.05, 0.1) is 4.92 Å². The zero-order chi connectivity index (χ0) is 14.1. The third-order valence-corrected chi connectivity index (χ3v) is 2.61. The second-order valence-corrected chi connectivity index (χ2v) is 3.99. The smallest absolute Gasteiger partial charge is 0.269 e. The molecule has 0 saturated carbocycles. The first-order valence-electron chi connectivity index (χ1n) is 5.66. The fraction of sp³-hybridized carbons (Fsp3) is 0. The Labute approximate surface area is 112 Å². The number of nitrogens with zero attached hydrogens (tertiary/aromatic N) is 4. The van der Waals surface area contributed by atoms with Gasteiger partial charge in [-0.05, 0) is 18.2 Å². The minimum Gasteiger partial charge on any atom is -0.457 e. The number of hydrogen-bond donors (Lipinski definition) is 1. The summed E-state index contributed by atoms with van der Waals surface area (Å²) in [6.45, 7) is 0. The lowest BCUT2D eigenvalue weighted by Crippen LogP contribution is -1.91. The number of nitro groups is 1. The van der Waals surface area contributed by atoms with Gasteiger partial charge in [0.1, 0.15) is 11.5 Å². The summed E-state index contributed by atoms with van der Waals surface area (Å²) in [6.07, 6.45) is 1.67. The predicted molar refractivity (Wildman–Crippen MR) is 70.6 cm³/mol. The standard InChI is InChI=1S/C12H9N5O3/c13-12-14-11-7-10(5-6-16(11)15-12)20-9-3-1-8(2-4-9)17(18)19/h1-7H,(H2,13,15). The van der Waals surface area contributed by atoms with Gasteiger partial charge < -0.3 is 10.5 Å². The van der Waals surface area contributed by atoms with Crippen LogP contribution >= 0.6 is 0 Å². The van der Waals surface area contributed by atoms with Gasteiger partial charge in [-0.3, -0.25) is 10.1 Å². The van der Waals surface area contributed by atoms with E-state index in [0.29, 0.717) is 17.1 Å².